The Morgan fingerprint density at radius 2 is 2.07 bits per heavy atom. The first-order valence-electron chi connectivity index (χ1n) is 4.63. The topological polar surface area (TPSA) is 46.3 Å². The van der Waals surface area contributed by atoms with E-state index in [2.05, 4.69) is 0 Å². The minimum absolute atomic E-state index is 0.0724. The summed E-state index contributed by atoms with van der Waals surface area (Å²) in [6.07, 6.45) is 0. The molecule has 0 radical (unpaired) electrons. The third-order valence-electron chi connectivity index (χ3n) is 2.18. The van der Waals surface area contributed by atoms with Crippen molar-refractivity contribution in [2.75, 3.05) is 7.05 Å². The van der Waals surface area contributed by atoms with Crippen molar-refractivity contribution in [1.29, 1.82) is 0 Å². The quantitative estimate of drug-likeness (QED) is 0.780. The fraction of sp³-hybridized carbons (Fsp3) is 0.364. The number of amides is 1. The van der Waals surface area contributed by atoms with Crippen LogP contribution in [0.15, 0.2) is 24.3 Å². The molecule has 0 saturated carbocycles. The molecule has 0 heterocycles. The molecule has 1 rings (SSSR count). The zero-order valence-corrected chi connectivity index (χ0v) is 8.66. The molecule has 0 aliphatic rings. The van der Waals surface area contributed by atoms with Crippen LogP contribution < -0.4 is 5.73 Å². The number of hydrogen-bond acceptors (Lipinski definition) is 2. The molecule has 76 valence electrons. The Morgan fingerprint density at radius 1 is 1.43 bits per heavy atom. The minimum atomic E-state index is 0.0724. The van der Waals surface area contributed by atoms with Crippen LogP contribution in [-0.2, 0) is 17.9 Å². The van der Waals surface area contributed by atoms with Crippen LogP contribution in [-0.4, -0.2) is 17.9 Å². The summed E-state index contributed by atoms with van der Waals surface area (Å²) in [6, 6.07) is 7.97. The van der Waals surface area contributed by atoms with Crippen molar-refractivity contribution in [3.05, 3.63) is 35.4 Å². The molecule has 0 aromatic heterocycles. The predicted octanol–water partition coefficient (Wildman–Crippen LogP) is 1.12. The monoisotopic (exact) mass is 192 g/mol. The summed E-state index contributed by atoms with van der Waals surface area (Å²) in [5.74, 6) is 0.0724. The van der Waals surface area contributed by atoms with Gasteiger partial charge in [0.2, 0.25) is 5.91 Å². The number of nitrogens with two attached hydrogens (primary N) is 1. The highest BCUT2D eigenvalue weighted by Gasteiger charge is 2.03. The van der Waals surface area contributed by atoms with Crippen molar-refractivity contribution < 1.29 is 4.79 Å². The Bertz CT molecular complexity index is 323. The van der Waals surface area contributed by atoms with Gasteiger partial charge in [-0.15, -0.1) is 0 Å². The molecule has 0 bridgehead atoms. The van der Waals surface area contributed by atoms with Crippen LogP contribution in [0.2, 0.25) is 0 Å². The largest absolute Gasteiger partial charge is 0.342 e. The molecule has 3 heteroatoms. The fourth-order valence-electron chi connectivity index (χ4n) is 1.24. The molecule has 1 aromatic rings. The number of hydrogen-bond donors (Lipinski definition) is 1. The van der Waals surface area contributed by atoms with Crippen LogP contribution >= 0.6 is 0 Å². The summed E-state index contributed by atoms with van der Waals surface area (Å²) in [5.41, 5.74) is 7.74. The molecule has 0 aliphatic heterocycles. The van der Waals surface area contributed by atoms with E-state index in [0.29, 0.717) is 13.1 Å². The zero-order valence-electron chi connectivity index (χ0n) is 8.66. The SMILES string of the molecule is CC(=O)N(C)Cc1cccc(CN)c1. The average molecular weight is 192 g/mol. The highest BCUT2D eigenvalue weighted by molar-refractivity contribution is 5.72. The zero-order chi connectivity index (χ0) is 10.6. The standard InChI is InChI=1S/C11H16N2O/c1-9(14)13(2)8-11-5-3-4-10(6-11)7-12/h3-6H,7-8,12H2,1-2H3. The van der Waals surface area contributed by atoms with Crippen molar-refractivity contribution in [3.8, 4) is 0 Å². The van der Waals surface area contributed by atoms with Gasteiger partial charge in [0.05, 0.1) is 0 Å². The summed E-state index contributed by atoms with van der Waals surface area (Å²) < 4.78 is 0. The minimum Gasteiger partial charge on any atom is -0.342 e. The third kappa shape index (κ3) is 2.85. The summed E-state index contributed by atoms with van der Waals surface area (Å²) in [5, 5.41) is 0. The van der Waals surface area contributed by atoms with E-state index in [1.54, 1.807) is 18.9 Å². The lowest BCUT2D eigenvalue weighted by Gasteiger charge is -2.15. The molecule has 1 amide bonds. The number of carbonyl (C=O) groups is 1. The van der Waals surface area contributed by atoms with Gasteiger partial charge >= 0.3 is 0 Å². The van der Waals surface area contributed by atoms with Crippen molar-refractivity contribution in [1.82, 2.24) is 4.90 Å². The van der Waals surface area contributed by atoms with E-state index < -0.39 is 0 Å². The highest BCUT2D eigenvalue weighted by atomic mass is 16.2. The van der Waals surface area contributed by atoms with Gasteiger partial charge in [-0.05, 0) is 11.1 Å². The van der Waals surface area contributed by atoms with Crippen molar-refractivity contribution in [2.24, 2.45) is 5.73 Å². The maximum absolute atomic E-state index is 11.0. The molecule has 1 aromatic carbocycles. The number of benzene rings is 1. The normalized spacial score (nSPS) is 9.93. The molecular weight excluding hydrogens is 176 g/mol. The van der Waals surface area contributed by atoms with Gasteiger partial charge in [-0.1, -0.05) is 24.3 Å². The predicted molar refractivity (Wildman–Crippen MR) is 56.5 cm³/mol. The van der Waals surface area contributed by atoms with E-state index in [9.17, 15) is 4.79 Å². The molecule has 0 unspecified atom stereocenters. The Balaban J connectivity index is 2.71. The second-order valence-corrected chi connectivity index (χ2v) is 3.40. The van der Waals surface area contributed by atoms with Gasteiger partial charge in [0.25, 0.3) is 0 Å². The van der Waals surface area contributed by atoms with Gasteiger partial charge in [0, 0.05) is 27.1 Å². The number of nitrogens with zero attached hydrogens (tertiary/aromatic N) is 1. The van der Waals surface area contributed by atoms with Crippen LogP contribution in [0.3, 0.4) is 0 Å². The van der Waals surface area contributed by atoms with Crippen LogP contribution in [0.1, 0.15) is 18.1 Å². The van der Waals surface area contributed by atoms with Crippen LogP contribution in [0, 0.1) is 0 Å². The molecule has 0 saturated heterocycles. The van der Waals surface area contributed by atoms with E-state index in [1.165, 1.54) is 0 Å². The Labute approximate surface area is 84.5 Å². The van der Waals surface area contributed by atoms with Gasteiger partial charge in [-0.25, -0.2) is 0 Å². The smallest absolute Gasteiger partial charge is 0.219 e. The van der Waals surface area contributed by atoms with Gasteiger partial charge in [-0.2, -0.15) is 0 Å². The van der Waals surface area contributed by atoms with Crippen LogP contribution in [0.5, 0.6) is 0 Å². The number of rotatable bonds is 3. The van der Waals surface area contributed by atoms with E-state index >= 15 is 0 Å². The third-order valence-corrected chi connectivity index (χ3v) is 2.18. The van der Waals surface area contributed by atoms with E-state index in [0.717, 1.165) is 11.1 Å². The summed E-state index contributed by atoms with van der Waals surface area (Å²) in [7, 11) is 1.79. The second kappa shape index (κ2) is 4.77. The molecule has 0 fully saturated rings. The molecular formula is C11H16N2O. The maximum atomic E-state index is 11.0. The van der Waals surface area contributed by atoms with E-state index in [1.807, 2.05) is 24.3 Å². The Hall–Kier alpha value is -1.35. The lowest BCUT2D eigenvalue weighted by Crippen LogP contribution is -2.23. The Kier molecular flexibility index (Phi) is 3.65. The lowest BCUT2D eigenvalue weighted by molar-refractivity contribution is -0.128. The molecule has 0 aliphatic carbocycles. The maximum Gasteiger partial charge on any atom is 0.219 e. The van der Waals surface area contributed by atoms with Gasteiger partial charge < -0.3 is 10.6 Å². The first-order valence-corrected chi connectivity index (χ1v) is 4.63. The van der Waals surface area contributed by atoms with Crippen LogP contribution in [0.4, 0.5) is 0 Å². The average Bonchev–Trinajstić information content (AvgIpc) is 2.18. The summed E-state index contributed by atoms with van der Waals surface area (Å²) >= 11 is 0. The summed E-state index contributed by atoms with van der Waals surface area (Å²) in [6.45, 7) is 2.74. The fourth-order valence-corrected chi connectivity index (χ4v) is 1.24. The first-order chi connectivity index (χ1) is 6.63. The van der Waals surface area contributed by atoms with Crippen molar-refractivity contribution >= 4 is 5.91 Å². The molecule has 14 heavy (non-hydrogen) atoms. The Morgan fingerprint density at radius 3 is 2.64 bits per heavy atom. The van der Waals surface area contributed by atoms with E-state index in [4.69, 9.17) is 5.73 Å². The first kappa shape index (κ1) is 10.7. The van der Waals surface area contributed by atoms with Gasteiger partial charge in [0.15, 0.2) is 0 Å². The van der Waals surface area contributed by atoms with Crippen LogP contribution in [0.25, 0.3) is 0 Å². The van der Waals surface area contributed by atoms with Gasteiger partial charge in [-0.3, -0.25) is 4.79 Å². The molecule has 0 atom stereocenters. The second-order valence-electron chi connectivity index (χ2n) is 3.40. The van der Waals surface area contributed by atoms with Crippen molar-refractivity contribution in [3.63, 3.8) is 0 Å². The molecule has 0 spiro atoms. The highest BCUT2D eigenvalue weighted by Crippen LogP contribution is 2.07. The molecule has 2 N–H and O–H groups in total. The summed E-state index contributed by atoms with van der Waals surface area (Å²) in [4.78, 5) is 12.7. The van der Waals surface area contributed by atoms with Crippen molar-refractivity contribution in [2.45, 2.75) is 20.0 Å². The number of carbonyl (C=O) groups excluding carboxylic acids is 1. The van der Waals surface area contributed by atoms with Gasteiger partial charge in [0.1, 0.15) is 0 Å². The lowest BCUT2D eigenvalue weighted by atomic mass is 10.1. The van der Waals surface area contributed by atoms with E-state index in [-0.39, 0.29) is 5.91 Å². The molecule has 3 nitrogen and oxygen atoms in total.